The largest absolute Gasteiger partial charge is 0.314 e. The minimum Gasteiger partial charge on any atom is -0.314 e. The number of imidazole rings is 1. The lowest BCUT2D eigenvalue weighted by molar-refractivity contribution is 0.466. The first-order valence-electron chi connectivity index (χ1n) is 6.48. The number of aromatic nitrogens is 2. The molecular weight excluding hydrogens is 230 g/mol. The lowest BCUT2D eigenvalue weighted by atomic mass is 10.1. The first-order chi connectivity index (χ1) is 8.33. The summed E-state index contributed by atoms with van der Waals surface area (Å²) in [6.45, 7) is 5.49. The van der Waals surface area contributed by atoms with Crippen LogP contribution < -0.4 is 5.32 Å². The van der Waals surface area contributed by atoms with Crippen molar-refractivity contribution in [3.63, 3.8) is 0 Å². The predicted octanol–water partition coefficient (Wildman–Crippen LogP) is 3.11. The molecule has 2 rings (SSSR count). The van der Waals surface area contributed by atoms with Gasteiger partial charge in [-0.2, -0.15) is 0 Å². The maximum absolute atomic E-state index is 4.60. The molecule has 0 aliphatic heterocycles. The predicted molar refractivity (Wildman–Crippen MR) is 73.8 cm³/mol. The maximum Gasteiger partial charge on any atom is 0.193 e. The van der Waals surface area contributed by atoms with Crippen LogP contribution in [0.4, 0.5) is 0 Å². The second-order valence-corrected chi connectivity index (χ2v) is 5.25. The van der Waals surface area contributed by atoms with Gasteiger partial charge >= 0.3 is 0 Å². The van der Waals surface area contributed by atoms with Crippen molar-refractivity contribution < 1.29 is 0 Å². The topological polar surface area (TPSA) is 29.3 Å². The third kappa shape index (κ3) is 3.30. The fourth-order valence-corrected chi connectivity index (χ4v) is 2.88. The van der Waals surface area contributed by atoms with Gasteiger partial charge in [0.1, 0.15) is 0 Å². The van der Waals surface area contributed by atoms with Gasteiger partial charge in [0.2, 0.25) is 0 Å². The van der Waals surface area contributed by atoms with Gasteiger partial charge in [0, 0.05) is 23.8 Å². The van der Waals surface area contributed by atoms with Gasteiger partial charge in [0.05, 0.1) is 5.69 Å². The van der Waals surface area contributed by atoms with Crippen LogP contribution in [0.25, 0.3) is 4.96 Å². The molecule has 0 bridgehead atoms. The minimum absolute atomic E-state index is 0.670. The molecule has 94 valence electrons. The monoisotopic (exact) mass is 251 g/mol. The lowest BCUT2D eigenvalue weighted by Crippen LogP contribution is -2.28. The van der Waals surface area contributed by atoms with Crippen LogP contribution in [0.2, 0.25) is 0 Å². The quantitative estimate of drug-likeness (QED) is 0.819. The zero-order valence-electron chi connectivity index (χ0n) is 10.6. The number of thiazole rings is 1. The molecule has 4 heteroatoms. The van der Waals surface area contributed by atoms with Gasteiger partial charge in [0.25, 0.3) is 0 Å². The van der Waals surface area contributed by atoms with E-state index in [1.54, 1.807) is 11.3 Å². The fourth-order valence-electron chi connectivity index (χ4n) is 2.17. The summed E-state index contributed by atoms with van der Waals surface area (Å²) in [5.41, 5.74) is 1.23. The van der Waals surface area contributed by atoms with E-state index in [9.17, 15) is 0 Å². The van der Waals surface area contributed by atoms with E-state index >= 15 is 0 Å². The molecule has 0 saturated carbocycles. The van der Waals surface area contributed by atoms with E-state index in [1.807, 2.05) is 0 Å². The van der Waals surface area contributed by atoms with Crippen LogP contribution in [0, 0.1) is 0 Å². The molecule has 1 atom stereocenters. The van der Waals surface area contributed by atoms with Crippen molar-refractivity contribution in [2.24, 2.45) is 0 Å². The highest BCUT2D eigenvalue weighted by atomic mass is 32.1. The molecule has 0 radical (unpaired) electrons. The summed E-state index contributed by atoms with van der Waals surface area (Å²) in [6.07, 6.45) is 9.00. The zero-order chi connectivity index (χ0) is 12.1. The number of aryl methyl sites for hydroxylation is 1. The van der Waals surface area contributed by atoms with Gasteiger partial charge in [-0.15, -0.1) is 11.3 Å². The number of nitrogens with one attached hydrogen (secondary N) is 1. The summed E-state index contributed by atoms with van der Waals surface area (Å²) < 4.78 is 2.11. The Balaban J connectivity index is 1.80. The van der Waals surface area contributed by atoms with Gasteiger partial charge in [0.15, 0.2) is 4.96 Å². The molecule has 0 aliphatic rings. The number of nitrogens with zero attached hydrogens (tertiary/aromatic N) is 2. The first kappa shape index (κ1) is 12.6. The normalized spacial score (nSPS) is 13.3. The first-order valence-corrected chi connectivity index (χ1v) is 7.36. The molecule has 0 saturated heterocycles. The van der Waals surface area contributed by atoms with E-state index in [-0.39, 0.29) is 0 Å². The maximum atomic E-state index is 4.60. The smallest absolute Gasteiger partial charge is 0.193 e. The van der Waals surface area contributed by atoms with Gasteiger partial charge < -0.3 is 5.32 Å². The molecule has 2 heterocycles. The molecule has 2 aromatic rings. The average molecular weight is 251 g/mol. The summed E-state index contributed by atoms with van der Waals surface area (Å²) in [7, 11) is 0. The molecule has 0 aromatic carbocycles. The SMILES string of the molecule is CCNC(CC)CCCc1cn2ccsc2n1. The fraction of sp³-hybridized carbons (Fsp3) is 0.615. The van der Waals surface area contributed by atoms with E-state index in [1.165, 1.54) is 25.0 Å². The zero-order valence-corrected chi connectivity index (χ0v) is 11.5. The summed E-state index contributed by atoms with van der Waals surface area (Å²) >= 11 is 1.70. The van der Waals surface area contributed by atoms with Crippen molar-refractivity contribution in [2.45, 2.75) is 45.6 Å². The molecule has 0 fully saturated rings. The van der Waals surface area contributed by atoms with Crippen LogP contribution in [-0.2, 0) is 6.42 Å². The van der Waals surface area contributed by atoms with Crippen molar-refractivity contribution in [3.8, 4) is 0 Å². The highest BCUT2D eigenvalue weighted by Gasteiger charge is 2.06. The molecule has 2 aromatic heterocycles. The molecule has 1 unspecified atom stereocenters. The lowest BCUT2D eigenvalue weighted by Gasteiger charge is -2.14. The Bertz CT molecular complexity index is 418. The standard InChI is InChI=1S/C13H21N3S/c1-3-11(14-4-2)6-5-7-12-10-16-8-9-17-13(16)15-12/h8-11,14H,3-7H2,1-2H3. The molecule has 17 heavy (non-hydrogen) atoms. The average Bonchev–Trinajstić information content (AvgIpc) is 2.88. The summed E-state index contributed by atoms with van der Waals surface area (Å²) in [5.74, 6) is 0. The highest BCUT2D eigenvalue weighted by molar-refractivity contribution is 7.15. The number of rotatable bonds is 7. The number of hydrogen-bond acceptors (Lipinski definition) is 3. The third-order valence-corrected chi connectivity index (χ3v) is 3.88. The Morgan fingerprint density at radius 2 is 2.35 bits per heavy atom. The van der Waals surface area contributed by atoms with E-state index in [2.05, 4.69) is 46.3 Å². The number of fused-ring (bicyclic) bond motifs is 1. The molecule has 0 aliphatic carbocycles. The summed E-state index contributed by atoms with van der Waals surface area (Å²) in [6, 6.07) is 0.670. The summed E-state index contributed by atoms with van der Waals surface area (Å²) in [5, 5.41) is 5.59. The number of hydrogen-bond donors (Lipinski definition) is 1. The highest BCUT2D eigenvalue weighted by Crippen LogP contribution is 2.13. The van der Waals surface area contributed by atoms with E-state index in [0.717, 1.165) is 17.9 Å². The second kappa shape index (κ2) is 6.17. The molecule has 3 nitrogen and oxygen atoms in total. The molecule has 1 N–H and O–H groups in total. The Morgan fingerprint density at radius 3 is 3.06 bits per heavy atom. The van der Waals surface area contributed by atoms with Crippen molar-refractivity contribution in [1.29, 1.82) is 0 Å². The molecular formula is C13H21N3S. The van der Waals surface area contributed by atoms with Crippen LogP contribution >= 0.6 is 11.3 Å². The Labute approximate surface area is 107 Å². The van der Waals surface area contributed by atoms with Gasteiger partial charge in [-0.25, -0.2) is 4.98 Å². The summed E-state index contributed by atoms with van der Waals surface area (Å²) in [4.78, 5) is 5.71. The van der Waals surface area contributed by atoms with Crippen LogP contribution in [0.5, 0.6) is 0 Å². The Morgan fingerprint density at radius 1 is 1.47 bits per heavy atom. The van der Waals surface area contributed by atoms with Gasteiger partial charge in [-0.1, -0.05) is 13.8 Å². The van der Waals surface area contributed by atoms with Crippen molar-refractivity contribution >= 4 is 16.3 Å². The van der Waals surface area contributed by atoms with E-state index in [4.69, 9.17) is 0 Å². The van der Waals surface area contributed by atoms with Crippen LogP contribution in [0.3, 0.4) is 0 Å². The Hall–Kier alpha value is -0.870. The van der Waals surface area contributed by atoms with E-state index < -0.39 is 0 Å². The van der Waals surface area contributed by atoms with Crippen molar-refractivity contribution in [1.82, 2.24) is 14.7 Å². The van der Waals surface area contributed by atoms with Crippen LogP contribution in [-0.4, -0.2) is 22.0 Å². The van der Waals surface area contributed by atoms with Crippen LogP contribution in [0.15, 0.2) is 17.8 Å². The Kier molecular flexibility index (Phi) is 4.57. The van der Waals surface area contributed by atoms with Gasteiger partial charge in [-0.3, -0.25) is 4.40 Å². The van der Waals surface area contributed by atoms with Crippen molar-refractivity contribution in [2.75, 3.05) is 6.54 Å². The molecule has 0 spiro atoms. The minimum atomic E-state index is 0.670. The third-order valence-electron chi connectivity index (χ3n) is 3.11. The molecule has 0 amide bonds. The van der Waals surface area contributed by atoms with E-state index in [0.29, 0.717) is 6.04 Å². The van der Waals surface area contributed by atoms with Crippen molar-refractivity contribution in [3.05, 3.63) is 23.5 Å². The van der Waals surface area contributed by atoms with Gasteiger partial charge in [-0.05, 0) is 32.2 Å². The van der Waals surface area contributed by atoms with Crippen LogP contribution in [0.1, 0.15) is 38.8 Å². The second-order valence-electron chi connectivity index (χ2n) is 4.38.